The molecular weight excluding hydrogens is 428 g/mol. The van der Waals surface area contributed by atoms with Crippen molar-refractivity contribution in [1.29, 1.82) is 0 Å². The normalized spacial score (nSPS) is 15.5. The highest BCUT2D eigenvalue weighted by Gasteiger charge is 2.35. The van der Waals surface area contributed by atoms with Crippen molar-refractivity contribution in [3.05, 3.63) is 76.4 Å². The van der Waals surface area contributed by atoms with Gasteiger partial charge in [-0.05, 0) is 49.1 Å². The number of hydrogen-bond donors (Lipinski definition) is 0. The van der Waals surface area contributed by atoms with Crippen LogP contribution in [0.4, 0.5) is 0 Å². The second-order valence-corrected chi connectivity index (χ2v) is 8.37. The second kappa shape index (κ2) is 10.3. The van der Waals surface area contributed by atoms with E-state index in [2.05, 4.69) is 5.10 Å². The van der Waals surface area contributed by atoms with E-state index in [4.69, 9.17) is 13.9 Å². The Hall–Kier alpha value is -3.39. The van der Waals surface area contributed by atoms with Crippen molar-refractivity contribution in [3.63, 3.8) is 0 Å². The third-order valence-corrected chi connectivity index (χ3v) is 5.93. The van der Waals surface area contributed by atoms with Crippen LogP contribution in [0.2, 0.25) is 0 Å². The molecule has 32 heavy (non-hydrogen) atoms. The minimum absolute atomic E-state index is 0.171. The van der Waals surface area contributed by atoms with E-state index in [0.717, 1.165) is 21.9 Å². The smallest absolute Gasteiger partial charge is 0.306 e. The van der Waals surface area contributed by atoms with Crippen LogP contribution < -0.4 is 4.74 Å². The number of nitrogens with zero attached hydrogens (tertiary/aromatic N) is 2. The molecule has 7 nitrogen and oxygen atoms in total. The lowest BCUT2D eigenvalue weighted by atomic mass is 10.1. The Morgan fingerprint density at radius 1 is 1.19 bits per heavy atom. The quantitative estimate of drug-likeness (QED) is 0.346. The van der Waals surface area contributed by atoms with Crippen LogP contribution in [0.1, 0.15) is 41.5 Å². The number of thiophene rings is 1. The number of ether oxygens (including phenoxy) is 2. The minimum Gasteiger partial charge on any atom is -0.494 e. The summed E-state index contributed by atoms with van der Waals surface area (Å²) in [6, 6.07) is 14.9. The lowest BCUT2D eigenvalue weighted by Gasteiger charge is -2.19. The van der Waals surface area contributed by atoms with Gasteiger partial charge in [0, 0.05) is 12.8 Å². The van der Waals surface area contributed by atoms with Gasteiger partial charge in [0.15, 0.2) is 6.61 Å². The van der Waals surface area contributed by atoms with Gasteiger partial charge in [-0.25, -0.2) is 5.01 Å². The summed E-state index contributed by atoms with van der Waals surface area (Å²) in [6.45, 7) is 2.04. The predicted molar refractivity (Wildman–Crippen MR) is 121 cm³/mol. The molecule has 1 atom stereocenters. The molecule has 1 aliphatic heterocycles. The number of benzene rings is 1. The summed E-state index contributed by atoms with van der Waals surface area (Å²) < 4.78 is 16.3. The number of aryl methyl sites for hydroxylation is 1. The number of carbonyl (C=O) groups excluding carboxylic acids is 2. The summed E-state index contributed by atoms with van der Waals surface area (Å²) in [5, 5.41) is 7.83. The molecule has 0 fully saturated rings. The van der Waals surface area contributed by atoms with Gasteiger partial charge in [-0.2, -0.15) is 5.10 Å². The van der Waals surface area contributed by atoms with Crippen molar-refractivity contribution < 1.29 is 23.5 Å². The van der Waals surface area contributed by atoms with Crippen molar-refractivity contribution >= 4 is 28.9 Å². The van der Waals surface area contributed by atoms with Gasteiger partial charge in [-0.1, -0.05) is 23.8 Å². The van der Waals surface area contributed by atoms with E-state index in [1.54, 1.807) is 23.7 Å². The van der Waals surface area contributed by atoms with Crippen LogP contribution in [0.25, 0.3) is 0 Å². The van der Waals surface area contributed by atoms with Gasteiger partial charge in [0.2, 0.25) is 0 Å². The molecule has 0 saturated heterocycles. The standard InChI is InChI=1S/C24H24N2O5S/c1-17-8-10-18(11-9-17)29-12-3-7-24(28)31-16-23(27)26-20(21-5-2-13-30-21)15-19(25-26)22-6-4-14-32-22/h2,4-6,8-11,13-14,20H,3,7,12,15-16H2,1H3/t20-/m0/s1. The topological polar surface area (TPSA) is 81.3 Å². The molecule has 0 aliphatic carbocycles. The lowest BCUT2D eigenvalue weighted by Crippen LogP contribution is -2.31. The van der Waals surface area contributed by atoms with E-state index in [1.165, 1.54) is 5.01 Å². The molecule has 3 aromatic rings. The Bertz CT molecular complexity index is 1060. The fourth-order valence-corrected chi connectivity index (χ4v) is 4.08. The fourth-order valence-electron chi connectivity index (χ4n) is 3.36. The monoisotopic (exact) mass is 452 g/mol. The molecular formula is C24H24N2O5S. The van der Waals surface area contributed by atoms with E-state index >= 15 is 0 Å². The van der Waals surface area contributed by atoms with Crippen LogP contribution in [0.15, 0.2) is 69.7 Å². The molecule has 8 heteroatoms. The summed E-state index contributed by atoms with van der Waals surface area (Å²) in [6.07, 6.45) is 2.79. The molecule has 3 heterocycles. The van der Waals surface area contributed by atoms with E-state index in [1.807, 2.05) is 54.8 Å². The molecule has 0 saturated carbocycles. The zero-order valence-electron chi connectivity index (χ0n) is 17.7. The Balaban J connectivity index is 1.27. The maximum Gasteiger partial charge on any atom is 0.306 e. The number of hydrazone groups is 1. The zero-order valence-corrected chi connectivity index (χ0v) is 18.5. The summed E-state index contributed by atoms with van der Waals surface area (Å²) in [5.41, 5.74) is 1.97. The van der Waals surface area contributed by atoms with Crippen molar-refractivity contribution in [2.45, 2.75) is 32.2 Å². The van der Waals surface area contributed by atoms with E-state index in [9.17, 15) is 9.59 Å². The molecule has 0 radical (unpaired) electrons. The zero-order chi connectivity index (χ0) is 22.3. The van der Waals surface area contributed by atoms with Gasteiger partial charge >= 0.3 is 5.97 Å². The van der Waals surface area contributed by atoms with Gasteiger partial charge in [-0.3, -0.25) is 9.59 Å². The highest BCUT2D eigenvalue weighted by Crippen LogP contribution is 2.34. The molecule has 1 aromatic carbocycles. The third-order valence-electron chi connectivity index (χ3n) is 5.01. The average molecular weight is 453 g/mol. The number of carbonyl (C=O) groups is 2. The first-order chi connectivity index (χ1) is 15.6. The molecule has 1 aliphatic rings. The maximum atomic E-state index is 12.8. The first-order valence-electron chi connectivity index (χ1n) is 10.4. The molecule has 1 amide bonds. The average Bonchev–Trinajstić information content (AvgIpc) is 3.56. The summed E-state index contributed by atoms with van der Waals surface area (Å²) in [4.78, 5) is 25.9. The van der Waals surface area contributed by atoms with E-state index in [-0.39, 0.29) is 25.0 Å². The van der Waals surface area contributed by atoms with E-state index < -0.39 is 5.97 Å². The molecule has 166 valence electrons. The Kier molecular flexibility index (Phi) is 7.01. The summed E-state index contributed by atoms with van der Waals surface area (Å²) in [5.74, 6) is 0.578. The van der Waals surface area contributed by atoms with Gasteiger partial charge < -0.3 is 13.9 Å². The number of esters is 1. The van der Waals surface area contributed by atoms with Crippen molar-refractivity contribution in [3.8, 4) is 5.75 Å². The highest BCUT2D eigenvalue weighted by molar-refractivity contribution is 7.12. The Morgan fingerprint density at radius 2 is 2.03 bits per heavy atom. The molecule has 0 N–H and O–H groups in total. The SMILES string of the molecule is Cc1ccc(OCCCC(=O)OCC(=O)N2N=C(c3cccs3)C[C@H]2c2ccco2)cc1. The number of hydrogen-bond acceptors (Lipinski definition) is 7. The number of rotatable bonds is 9. The fraction of sp³-hybridized carbons (Fsp3) is 0.292. The van der Waals surface area contributed by atoms with Crippen molar-refractivity contribution in [1.82, 2.24) is 5.01 Å². The van der Waals surface area contributed by atoms with Gasteiger partial charge in [-0.15, -0.1) is 11.3 Å². The molecule has 0 bridgehead atoms. The highest BCUT2D eigenvalue weighted by atomic mass is 32.1. The van der Waals surface area contributed by atoms with Crippen LogP contribution in [0.3, 0.4) is 0 Å². The molecule has 4 rings (SSSR count). The summed E-state index contributed by atoms with van der Waals surface area (Å²) in [7, 11) is 0. The Morgan fingerprint density at radius 3 is 2.75 bits per heavy atom. The lowest BCUT2D eigenvalue weighted by molar-refractivity contribution is -0.153. The van der Waals surface area contributed by atoms with E-state index in [0.29, 0.717) is 25.2 Å². The van der Waals surface area contributed by atoms with Crippen molar-refractivity contribution in [2.24, 2.45) is 5.10 Å². The minimum atomic E-state index is -0.443. The van der Waals surface area contributed by atoms with Crippen LogP contribution in [0.5, 0.6) is 5.75 Å². The molecule has 0 unspecified atom stereocenters. The van der Waals surface area contributed by atoms with Crippen LogP contribution in [0, 0.1) is 6.92 Å². The van der Waals surface area contributed by atoms with Crippen molar-refractivity contribution in [2.75, 3.05) is 13.2 Å². The first-order valence-corrected chi connectivity index (χ1v) is 11.3. The number of furan rings is 1. The second-order valence-electron chi connectivity index (χ2n) is 7.42. The maximum absolute atomic E-state index is 12.8. The number of amides is 1. The van der Waals surface area contributed by atoms with Crippen LogP contribution >= 0.6 is 11.3 Å². The summed E-state index contributed by atoms with van der Waals surface area (Å²) >= 11 is 1.57. The van der Waals surface area contributed by atoms with Crippen LogP contribution in [-0.4, -0.2) is 35.8 Å². The van der Waals surface area contributed by atoms with Crippen LogP contribution in [-0.2, 0) is 14.3 Å². The Labute approximate surface area is 190 Å². The molecule has 2 aromatic heterocycles. The first kappa shape index (κ1) is 21.8. The largest absolute Gasteiger partial charge is 0.494 e. The van der Waals surface area contributed by atoms with Gasteiger partial charge in [0.05, 0.1) is 23.5 Å². The van der Waals surface area contributed by atoms with Gasteiger partial charge in [0.1, 0.15) is 17.6 Å². The van der Waals surface area contributed by atoms with Gasteiger partial charge in [0.25, 0.3) is 5.91 Å². The third kappa shape index (κ3) is 5.45. The molecule has 0 spiro atoms. The predicted octanol–water partition coefficient (Wildman–Crippen LogP) is 4.73.